The molecule has 1 N–H and O–H groups in total. The van der Waals surface area contributed by atoms with Gasteiger partial charge in [-0.25, -0.2) is 0 Å². The van der Waals surface area contributed by atoms with Gasteiger partial charge in [0.2, 0.25) is 5.91 Å². The Kier molecular flexibility index (Phi) is 4.53. The lowest BCUT2D eigenvalue weighted by Crippen LogP contribution is -2.15. The molecule has 4 aromatic rings. The zero-order valence-corrected chi connectivity index (χ0v) is 15.5. The van der Waals surface area contributed by atoms with Gasteiger partial charge in [-0.3, -0.25) is 9.20 Å². The van der Waals surface area contributed by atoms with E-state index in [9.17, 15) is 4.79 Å². The highest BCUT2D eigenvalue weighted by molar-refractivity contribution is 7.99. The number of aromatic nitrogens is 3. The molecule has 7 heteroatoms. The van der Waals surface area contributed by atoms with Gasteiger partial charge in [0.15, 0.2) is 10.8 Å². The maximum Gasteiger partial charge on any atom is 0.234 e. The molecule has 0 radical (unpaired) electrons. The number of thioether (sulfide) groups is 1. The Labute approximate surface area is 159 Å². The molecule has 5 nitrogen and oxygen atoms in total. The predicted molar refractivity (Wildman–Crippen MR) is 106 cm³/mol. The lowest BCUT2D eigenvalue weighted by molar-refractivity contribution is -0.113. The van der Waals surface area contributed by atoms with E-state index < -0.39 is 0 Å². The van der Waals surface area contributed by atoms with E-state index >= 15 is 0 Å². The normalized spacial score (nSPS) is 11.2. The molecule has 0 unspecified atom stereocenters. The number of nitrogens with zero attached hydrogens (tertiary/aromatic N) is 3. The summed E-state index contributed by atoms with van der Waals surface area (Å²) in [6, 6.07) is 17.4. The molecule has 2 aromatic heterocycles. The van der Waals surface area contributed by atoms with Crippen LogP contribution in [0.2, 0.25) is 5.02 Å². The van der Waals surface area contributed by atoms with E-state index in [-0.39, 0.29) is 11.7 Å². The number of para-hydroxylation sites is 1. The molecule has 130 valence electrons. The van der Waals surface area contributed by atoms with Crippen LogP contribution in [0.4, 0.5) is 5.69 Å². The van der Waals surface area contributed by atoms with Crippen molar-refractivity contribution in [2.45, 2.75) is 12.1 Å². The fraction of sp³-hybridized carbons (Fsp3) is 0.105. The van der Waals surface area contributed by atoms with Gasteiger partial charge in [-0.05, 0) is 48.2 Å². The van der Waals surface area contributed by atoms with E-state index in [1.54, 1.807) is 6.07 Å². The third-order valence-corrected chi connectivity index (χ3v) is 5.46. The van der Waals surface area contributed by atoms with E-state index in [0.717, 1.165) is 27.8 Å². The highest BCUT2D eigenvalue weighted by atomic mass is 35.5. The smallest absolute Gasteiger partial charge is 0.234 e. The monoisotopic (exact) mass is 382 g/mol. The lowest BCUT2D eigenvalue weighted by Gasteiger charge is -2.09. The van der Waals surface area contributed by atoms with Crippen molar-refractivity contribution in [2.24, 2.45) is 0 Å². The van der Waals surface area contributed by atoms with Gasteiger partial charge in [0.1, 0.15) is 0 Å². The Morgan fingerprint density at radius 3 is 2.85 bits per heavy atom. The van der Waals surface area contributed by atoms with Gasteiger partial charge in [-0.15, -0.1) is 10.2 Å². The van der Waals surface area contributed by atoms with Crippen LogP contribution >= 0.6 is 23.4 Å². The third-order valence-electron chi connectivity index (χ3n) is 4.12. The van der Waals surface area contributed by atoms with Crippen LogP contribution in [-0.2, 0) is 4.79 Å². The minimum Gasteiger partial charge on any atom is -0.325 e. The van der Waals surface area contributed by atoms with Crippen LogP contribution in [0.5, 0.6) is 0 Å². The molecule has 1 amide bonds. The van der Waals surface area contributed by atoms with Crippen LogP contribution < -0.4 is 5.32 Å². The number of hydrogen-bond donors (Lipinski definition) is 1. The minimum atomic E-state index is -0.114. The highest BCUT2D eigenvalue weighted by Gasteiger charge is 2.12. The van der Waals surface area contributed by atoms with Crippen molar-refractivity contribution in [1.82, 2.24) is 14.6 Å². The Morgan fingerprint density at radius 2 is 1.96 bits per heavy atom. The number of amides is 1. The first kappa shape index (κ1) is 16.9. The first-order valence-corrected chi connectivity index (χ1v) is 9.40. The van der Waals surface area contributed by atoms with Crippen molar-refractivity contribution in [1.29, 1.82) is 0 Å². The van der Waals surface area contributed by atoms with Crippen molar-refractivity contribution < 1.29 is 4.79 Å². The largest absolute Gasteiger partial charge is 0.325 e. The number of halogens is 1. The van der Waals surface area contributed by atoms with E-state index in [0.29, 0.717) is 10.2 Å². The van der Waals surface area contributed by atoms with Gasteiger partial charge in [-0.1, -0.05) is 47.6 Å². The topological polar surface area (TPSA) is 59.3 Å². The molecule has 0 fully saturated rings. The molecule has 0 saturated heterocycles. The Morgan fingerprint density at radius 1 is 1.12 bits per heavy atom. The number of fused-ring (bicyclic) bond motifs is 3. The van der Waals surface area contributed by atoms with Crippen LogP contribution in [0.25, 0.3) is 16.6 Å². The fourth-order valence-electron chi connectivity index (χ4n) is 2.76. The second-order valence-electron chi connectivity index (χ2n) is 5.82. The van der Waals surface area contributed by atoms with E-state index in [1.165, 1.54) is 11.8 Å². The summed E-state index contributed by atoms with van der Waals surface area (Å²) in [5.41, 5.74) is 3.35. The first-order chi connectivity index (χ1) is 12.6. The summed E-state index contributed by atoms with van der Waals surface area (Å²) in [5, 5.41) is 13.7. The molecule has 0 aliphatic heterocycles. The number of anilines is 1. The molecule has 0 atom stereocenters. The summed E-state index contributed by atoms with van der Waals surface area (Å²) in [4.78, 5) is 12.3. The summed E-state index contributed by atoms with van der Waals surface area (Å²) in [5.74, 6) is 0.119. The molecule has 4 rings (SSSR count). The Bertz CT molecular complexity index is 1130. The zero-order valence-electron chi connectivity index (χ0n) is 13.9. The number of carbonyl (C=O) groups excluding carboxylic acids is 1. The molecule has 2 heterocycles. The predicted octanol–water partition coefficient (Wildman–Crippen LogP) is 4.58. The van der Waals surface area contributed by atoms with E-state index in [2.05, 4.69) is 15.5 Å². The van der Waals surface area contributed by atoms with Crippen LogP contribution in [0.15, 0.2) is 59.8 Å². The van der Waals surface area contributed by atoms with Gasteiger partial charge in [-0.2, -0.15) is 0 Å². The second-order valence-corrected chi connectivity index (χ2v) is 7.17. The van der Waals surface area contributed by atoms with Gasteiger partial charge in [0, 0.05) is 10.7 Å². The molecular formula is C19H15ClN4OS. The van der Waals surface area contributed by atoms with Crippen molar-refractivity contribution in [2.75, 3.05) is 11.1 Å². The molecule has 2 aromatic carbocycles. The van der Waals surface area contributed by atoms with Gasteiger partial charge >= 0.3 is 0 Å². The molecule has 0 aliphatic carbocycles. The zero-order chi connectivity index (χ0) is 18.1. The number of hydrogen-bond acceptors (Lipinski definition) is 4. The Hall–Kier alpha value is -2.57. The summed E-state index contributed by atoms with van der Waals surface area (Å²) in [6.45, 7) is 1.88. The summed E-state index contributed by atoms with van der Waals surface area (Å²) in [7, 11) is 0. The molecule has 0 spiro atoms. The van der Waals surface area contributed by atoms with Crippen LogP contribution in [0.1, 0.15) is 5.56 Å². The quantitative estimate of drug-likeness (QED) is 0.525. The van der Waals surface area contributed by atoms with Gasteiger partial charge < -0.3 is 5.32 Å². The molecular weight excluding hydrogens is 368 g/mol. The molecule has 26 heavy (non-hydrogen) atoms. The molecule has 0 bridgehead atoms. The SMILES string of the molecule is Cc1c(Cl)cccc1NC(=O)CSc1nnc2ccc3ccccc3n12. The Balaban J connectivity index is 1.55. The average Bonchev–Trinajstić information content (AvgIpc) is 3.07. The van der Waals surface area contributed by atoms with Crippen LogP contribution in [0, 0.1) is 6.92 Å². The summed E-state index contributed by atoms with van der Waals surface area (Å²) in [6.07, 6.45) is 0. The number of carbonyl (C=O) groups is 1. The van der Waals surface area contributed by atoms with Crippen molar-refractivity contribution in [3.05, 3.63) is 65.2 Å². The number of nitrogens with one attached hydrogen (secondary N) is 1. The van der Waals surface area contributed by atoms with Crippen molar-refractivity contribution in [3.8, 4) is 0 Å². The van der Waals surface area contributed by atoms with Gasteiger partial charge in [0.05, 0.1) is 11.3 Å². The standard InChI is InChI=1S/C19H15ClN4OS/c1-12-14(20)6-4-7-15(12)21-18(25)11-26-19-23-22-17-10-9-13-5-2-3-8-16(13)24(17)19/h2-10H,11H2,1H3,(H,21,25). The average molecular weight is 383 g/mol. The number of benzene rings is 2. The minimum absolute atomic E-state index is 0.114. The van der Waals surface area contributed by atoms with Crippen molar-refractivity contribution in [3.63, 3.8) is 0 Å². The molecule has 0 aliphatic rings. The van der Waals surface area contributed by atoms with Crippen LogP contribution in [-0.4, -0.2) is 26.3 Å². The molecule has 0 saturated carbocycles. The lowest BCUT2D eigenvalue weighted by atomic mass is 10.2. The van der Waals surface area contributed by atoms with E-state index in [1.807, 2.05) is 59.9 Å². The maximum atomic E-state index is 12.3. The van der Waals surface area contributed by atoms with Gasteiger partial charge in [0.25, 0.3) is 0 Å². The van der Waals surface area contributed by atoms with Crippen LogP contribution in [0.3, 0.4) is 0 Å². The number of pyridine rings is 1. The summed E-state index contributed by atoms with van der Waals surface area (Å²) >= 11 is 7.45. The number of rotatable bonds is 4. The second kappa shape index (κ2) is 6.97. The summed E-state index contributed by atoms with van der Waals surface area (Å²) < 4.78 is 1.97. The highest BCUT2D eigenvalue weighted by Crippen LogP contribution is 2.25. The van der Waals surface area contributed by atoms with Crippen molar-refractivity contribution >= 4 is 51.5 Å². The fourth-order valence-corrected chi connectivity index (χ4v) is 3.69. The maximum absolute atomic E-state index is 12.3. The van der Waals surface area contributed by atoms with E-state index in [4.69, 9.17) is 11.6 Å². The third kappa shape index (κ3) is 3.13. The first-order valence-electron chi connectivity index (χ1n) is 8.04.